The molecule has 0 N–H and O–H groups in total. The summed E-state index contributed by atoms with van der Waals surface area (Å²) in [6.07, 6.45) is 0. The molecule has 4 heteroatoms. The van der Waals surface area contributed by atoms with Gasteiger partial charge in [-0.1, -0.05) is 57.9 Å². The van der Waals surface area contributed by atoms with Crippen LogP contribution >= 0.6 is 61.5 Å². The molecule has 1 aromatic heterocycles. The number of fused-ring (bicyclic) bond motifs is 4. The summed E-state index contributed by atoms with van der Waals surface area (Å²) >= 11 is 14.1. The maximum absolute atomic E-state index is 6.21. The highest BCUT2D eigenvalue weighted by molar-refractivity contribution is 14.1. The van der Waals surface area contributed by atoms with E-state index in [-0.39, 0.29) is 0 Å². The maximum atomic E-state index is 6.21. The second-order valence-electron chi connectivity index (χ2n) is 6.21. The highest BCUT2D eigenvalue weighted by Gasteiger charge is 2.16. The number of benzene rings is 4. The summed E-state index contributed by atoms with van der Waals surface area (Å²) in [5, 5.41) is 5.83. The van der Waals surface area contributed by atoms with E-state index in [1.54, 1.807) is 0 Å². The van der Waals surface area contributed by atoms with Crippen molar-refractivity contribution in [2.45, 2.75) is 0 Å². The number of thiophene rings is 1. The Hall–Kier alpha value is -1.14. The quantitative estimate of drug-likeness (QED) is 0.183. The molecule has 0 fully saturated rings. The van der Waals surface area contributed by atoms with Gasteiger partial charge in [0.1, 0.15) is 0 Å². The minimum Gasteiger partial charge on any atom is -0.135 e. The van der Waals surface area contributed by atoms with Gasteiger partial charge in [0.25, 0.3) is 0 Å². The third kappa shape index (κ3) is 2.68. The molecule has 0 nitrogen and oxygen atoms in total. The lowest BCUT2D eigenvalue weighted by molar-refractivity contribution is 1.67. The summed E-state index contributed by atoms with van der Waals surface area (Å²) in [5.41, 5.74) is 2.57. The first-order chi connectivity index (χ1) is 12.6. The van der Waals surface area contributed by atoms with Gasteiger partial charge in [0.2, 0.25) is 0 Å². The molecule has 0 aliphatic heterocycles. The van der Waals surface area contributed by atoms with Crippen molar-refractivity contribution < 1.29 is 0 Å². The molecule has 5 aromatic rings. The van der Waals surface area contributed by atoms with Crippen LogP contribution in [0.25, 0.3) is 42.1 Å². The zero-order valence-electron chi connectivity index (χ0n) is 13.4. The van der Waals surface area contributed by atoms with E-state index in [4.69, 9.17) is 11.6 Å². The molecule has 0 amide bonds. The molecule has 0 radical (unpaired) electrons. The molecular formula is C22H11BrClIS. The summed E-state index contributed by atoms with van der Waals surface area (Å²) in [7, 11) is 0. The van der Waals surface area contributed by atoms with Crippen molar-refractivity contribution in [3.05, 3.63) is 79.8 Å². The lowest BCUT2D eigenvalue weighted by Gasteiger charge is -2.11. The summed E-state index contributed by atoms with van der Waals surface area (Å²) in [6, 6.07) is 23.6. The summed E-state index contributed by atoms with van der Waals surface area (Å²) < 4.78 is 5.01. The summed E-state index contributed by atoms with van der Waals surface area (Å²) in [4.78, 5) is 0. The van der Waals surface area contributed by atoms with E-state index >= 15 is 0 Å². The van der Waals surface area contributed by atoms with E-state index in [0.717, 1.165) is 9.50 Å². The van der Waals surface area contributed by atoms with Crippen LogP contribution in [0.3, 0.4) is 0 Å². The van der Waals surface area contributed by atoms with Crippen molar-refractivity contribution in [3.63, 3.8) is 0 Å². The van der Waals surface area contributed by atoms with Gasteiger partial charge in [-0.05, 0) is 75.3 Å². The van der Waals surface area contributed by atoms with E-state index < -0.39 is 0 Å². The topological polar surface area (TPSA) is 0 Å². The van der Waals surface area contributed by atoms with E-state index in [9.17, 15) is 0 Å². The Labute approximate surface area is 182 Å². The van der Waals surface area contributed by atoms with Crippen LogP contribution in [0.5, 0.6) is 0 Å². The second-order valence-corrected chi connectivity index (χ2v) is 9.81. The Balaban J connectivity index is 1.96. The predicted octanol–water partition coefficient (Wildman–Crippen LogP) is 8.90. The average molecular weight is 550 g/mol. The van der Waals surface area contributed by atoms with Crippen LogP contribution in [0.15, 0.2) is 71.2 Å². The predicted molar refractivity (Wildman–Crippen MR) is 128 cm³/mol. The van der Waals surface area contributed by atoms with Crippen molar-refractivity contribution in [2.24, 2.45) is 0 Å². The molecule has 0 bridgehead atoms. The molecule has 0 saturated heterocycles. The Morgan fingerprint density at radius 2 is 1.69 bits per heavy atom. The first kappa shape index (κ1) is 17.0. The van der Waals surface area contributed by atoms with Crippen molar-refractivity contribution in [2.75, 3.05) is 0 Å². The molecule has 5 rings (SSSR count). The molecule has 0 unspecified atom stereocenters. The molecule has 0 spiro atoms. The van der Waals surface area contributed by atoms with E-state index in [1.807, 2.05) is 23.5 Å². The Bertz CT molecular complexity index is 1320. The van der Waals surface area contributed by atoms with E-state index in [0.29, 0.717) is 0 Å². The fraction of sp³-hybridized carbons (Fsp3) is 0. The van der Waals surface area contributed by atoms with Crippen LogP contribution in [0.1, 0.15) is 0 Å². The standard InChI is InChI=1S/C22H11BrClIS/c23-13-4-6-17-20(11-13)26-19-9-8-18(25)21(22(17)19)16-3-1-2-12-10-14(24)5-7-15(12)16/h1-11H. The summed E-state index contributed by atoms with van der Waals surface area (Å²) in [6.45, 7) is 0. The van der Waals surface area contributed by atoms with Gasteiger partial charge in [-0.25, -0.2) is 0 Å². The van der Waals surface area contributed by atoms with Crippen LogP contribution in [0.2, 0.25) is 5.02 Å². The van der Waals surface area contributed by atoms with Crippen LogP contribution in [-0.4, -0.2) is 0 Å². The number of hydrogen-bond donors (Lipinski definition) is 0. The van der Waals surface area contributed by atoms with Gasteiger partial charge in [0.05, 0.1) is 0 Å². The molecule has 4 aromatic carbocycles. The number of hydrogen-bond acceptors (Lipinski definition) is 1. The smallest absolute Gasteiger partial charge is 0.0412 e. The van der Waals surface area contributed by atoms with Gasteiger partial charge in [0.15, 0.2) is 0 Å². The largest absolute Gasteiger partial charge is 0.135 e. The second kappa shape index (κ2) is 6.48. The van der Waals surface area contributed by atoms with Crippen molar-refractivity contribution in [3.8, 4) is 11.1 Å². The molecule has 0 aliphatic carbocycles. The third-order valence-corrected chi connectivity index (χ3v) is 7.41. The maximum Gasteiger partial charge on any atom is 0.0412 e. The Morgan fingerprint density at radius 3 is 2.58 bits per heavy atom. The van der Waals surface area contributed by atoms with Crippen molar-refractivity contribution >= 4 is 92.4 Å². The fourth-order valence-corrected chi connectivity index (χ4v) is 6.14. The molecule has 0 atom stereocenters. The first-order valence-corrected chi connectivity index (χ1v) is 11.2. The lowest BCUT2D eigenvalue weighted by Crippen LogP contribution is -1.87. The van der Waals surface area contributed by atoms with Gasteiger partial charge in [-0.2, -0.15) is 0 Å². The van der Waals surface area contributed by atoms with Gasteiger partial charge in [-0.3, -0.25) is 0 Å². The van der Waals surface area contributed by atoms with Gasteiger partial charge in [-0.15, -0.1) is 11.3 Å². The Morgan fingerprint density at radius 1 is 0.846 bits per heavy atom. The SMILES string of the molecule is Clc1ccc2c(-c3c(I)ccc4sc5cc(Br)ccc5c34)cccc2c1. The van der Waals surface area contributed by atoms with Crippen molar-refractivity contribution in [1.82, 2.24) is 0 Å². The molecule has 0 aliphatic rings. The zero-order chi connectivity index (χ0) is 17.8. The molecular weight excluding hydrogens is 539 g/mol. The monoisotopic (exact) mass is 548 g/mol. The van der Waals surface area contributed by atoms with Gasteiger partial charge in [0, 0.05) is 38.8 Å². The fourth-order valence-electron chi connectivity index (χ4n) is 3.55. The highest BCUT2D eigenvalue weighted by atomic mass is 127. The van der Waals surface area contributed by atoms with Crippen LogP contribution < -0.4 is 0 Å². The number of rotatable bonds is 1. The van der Waals surface area contributed by atoms with Gasteiger partial charge >= 0.3 is 0 Å². The van der Waals surface area contributed by atoms with Crippen LogP contribution in [0.4, 0.5) is 0 Å². The number of halogens is 3. The molecule has 1 heterocycles. The minimum atomic E-state index is 0.772. The molecule has 0 saturated carbocycles. The van der Waals surface area contributed by atoms with Crippen LogP contribution in [0, 0.1) is 3.57 Å². The first-order valence-electron chi connectivity index (χ1n) is 8.11. The average Bonchev–Trinajstić information content (AvgIpc) is 2.98. The normalized spacial score (nSPS) is 11.7. The highest BCUT2D eigenvalue weighted by Crippen LogP contribution is 2.44. The zero-order valence-corrected chi connectivity index (χ0v) is 18.7. The lowest BCUT2D eigenvalue weighted by atomic mass is 9.95. The third-order valence-electron chi connectivity index (χ3n) is 4.66. The molecule has 126 valence electrons. The Kier molecular flexibility index (Phi) is 4.24. The van der Waals surface area contributed by atoms with Crippen LogP contribution in [-0.2, 0) is 0 Å². The molecule has 26 heavy (non-hydrogen) atoms. The summed E-state index contributed by atoms with van der Waals surface area (Å²) in [5.74, 6) is 0. The van der Waals surface area contributed by atoms with E-state index in [1.165, 1.54) is 45.6 Å². The van der Waals surface area contributed by atoms with Crippen molar-refractivity contribution in [1.29, 1.82) is 0 Å². The van der Waals surface area contributed by atoms with Gasteiger partial charge < -0.3 is 0 Å². The minimum absolute atomic E-state index is 0.772. The van der Waals surface area contributed by atoms with E-state index in [2.05, 4.69) is 93.1 Å².